The number of amides is 1. The number of piperidine rings is 1. The molecule has 2 aromatic heterocycles. The van der Waals surface area contributed by atoms with E-state index in [0.717, 1.165) is 11.0 Å². The van der Waals surface area contributed by atoms with E-state index in [4.69, 9.17) is 0 Å². The van der Waals surface area contributed by atoms with Gasteiger partial charge in [0.2, 0.25) is 5.91 Å². The number of rotatable bonds is 3. The molecule has 0 bridgehead atoms. The summed E-state index contributed by atoms with van der Waals surface area (Å²) in [5.41, 5.74) is -0.604. The van der Waals surface area contributed by atoms with E-state index >= 15 is 0 Å². The monoisotopic (exact) mass is 383 g/mol. The van der Waals surface area contributed by atoms with Gasteiger partial charge in [-0.25, -0.2) is 9.78 Å². The number of benzene rings is 1. The summed E-state index contributed by atoms with van der Waals surface area (Å²) < 4.78 is 3.07. The Hall–Kier alpha value is -3.20. The number of para-hydroxylation sites is 2. The van der Waals surface area contributed by atoms with Crippen LogP contribution in [0.25, 0.3) is 11.0 Å². The smallest absolute Gasteiger partial charge is 0.328 e. The van der Waals surface area contributed by atoms with Gasteiger partial charge in [0.1, 0.15) is 6.54 Å². The molecule has 0 spiro atoms. The molecule has 1 aliphatic heterocycles. The van der Waals surface area contributed by atoms with Gasteiger partial charge in [-0.15, -0.1) is 0 Å². The van der Waals surface area contributed by atoms with Crippen LogP contribution in [-0.2, 0) is 11.3 Å². The molecule has 1 aliphatic rings. The number of aliphatic hydroxyl groups is 1. The van der Waals surface area contributed by atoms with Crippen molar-refractivity contribution in [3.63, 3.8) is 0 Å². The first kappa shape index (κ1) is 18.2. The van der Waals surface area contributed by atoms with E-state index in [-0.39, 0.29) is 19.0 Å². The Morgan fingerprint density at radius 2 is 2.11 bits per heavy atom. The van der Waals surface area contributed by atoms with Crippen molar-refractivity contribution in [2.45, 2.75) is 31.5 Å². The molecule has 9 heteroatoms. The highest BCUT2D eigenvalue weighted by Gasteiger charge is 2.40. The molecule has 4 rings (SSSR count). The standard InChI is InChI=1S/C19H21N5O4/c1-19(28)7-9-22(10-15(19)24-8-6-16(25)21-18(24)27)17(26)11-23-12-20-13-4-2-3-5-14(13)23/h2-6,8,12,15,28H,7,9-11H2,1H3,(H,21,25,27)/t15-,19-/m1/s1. The van der Waals surface area contributed by atoms with Gasteiger partial charge in [-0.3, -0.25) is 19.1 Å². The number of nitrogens with zero attached hydrogens (tertiary/aromatic N) is 4. The highest BCUT2D eigenvalue weighted by molar-refractivity contribution is 5.80. The van der Waals surface area contributed by atoms with Crippen LogP contribution in [-0.4, -0.2) is 53.7 Å². The molecule has 3 aromatic rings. The molecular formula is C19H21N5O4. The van der Waals surface area contributed by atoms with Gasteiger partial charge in [0.15, 0.2) is 0 Å². The number of nitrogens with one attached hydrogen (secondary N) is 1. The predicted molar refractivity (Wildman–Crippen MR) is 102 cm³/mol. The van der Waals surface area contributed by atoms with Crippen LogP contribution in [0.15, 0.2) is 52.4 Å². The molecule has 0 radical (unpaired) electrons. The molecule has 1 amide bonds. The molecule has 2 N–H and O–H groups in total. The fourth-order valence-electron chi connectivity index (χ4n) is 3.69. The van der Waals surface area contributed by atoms with Crippen LogP contribution in [0, 0.1) is 0 Å². The summed E-state index contributed by atoms with van der Waals surface area (Å²) in [6, 6.07) is 8.14. The van der Waals surface area contributed by atoms with Crippen molar-refractivity contribution in [1.29, 1.82) is 0 Å². The minimum atomic E-state index is -1.18. The Balaban J connectivity index is 1.58. The molecular weight excluding hydrogens is 362 g/mol. The summed E-state index contributed by atoms with van der Waals surface area (Å²) in [5.74, 6) is -0.124. The molecule has 2 atom stereocenters. The highest BCUT2D eigenvalue weighted by Crippen LogP contribution is 2.30. The molecule has 28 heavy (non-hydrogen) atoms. The van der Waals surface area contributed by atoms with E-state index in [0.29, 0.717) is 13.0 Å². The number of aromatic amines is 1. The number of hydrogen-bond donors (Lipinski definition) is 2. The maximum absolute atomic E-state index is 12.9. The zero-order valence-corrected chi connectivity index (χ0v) is 15.4. The fraction of sp³-hybridized carbons (Fsp3) is 0.368. The van der Waals surface area contributed by atoms with Crippen molar-refractivity contribution in [3.8, 4) is 0 Å². The van der Waals surface area contributed by atoms with Crippen molar-refractivity contribution in [2.75, 3.05) is 13.1 Å². The Morgan fingerprint density at radius 1 is 1.32 bits per heavy atom. The maximum Gasteiger partial charge on any atom is 0.328 e. The SMILES string of the molecule is C[C@@]1(O)CCN(C(=O)Cn2cnc3ccccc32)C[C@H]1n1ccc(=O)[nH]c1=O. The Bertz CT molecular complexity index is 1140. The summed E-state index contributed by atoms with van der Waals surface area (Å²) >= 11 is 0. The quantitative estimate of drug-likeness (QED) is 0.667. The molecule has 0 unspecified atom stereocenters. The molecule has 0 saturated carbocycles. The Kier molecular flexibility index (Phi) is 4.38. The van der Waals surface area contributed by atoms with Crippen molar-refractivity contribution >= 4 is 16.9 Å². The molecule has 1 saturated heterocycles. The first-order valence-corrected chi connectivity index (χ1v) is 9.07. The van der Waals surface area contributed by atoms with E-state index in [2.05, 4.69) is 9.97 Å². The zero-order chi connectivity index (χ0) is 19.9. The topological polar surface area (TPSA) is 113 Å². The van der Waals surface area contributed by atoms with Gasteiger partial charge in [0.25, 0.3) is 5.56 Å². The van der Waals surface area contributed by atoms with Crippen molar-refractivity contribution in [2.24, 2.45) is 0 Å². The Morgan fingerprint density at radius 3 is 2.89 bits per heavy atom. The molecule has 9 nitrogen and oxygen atoms in total. The van der Waals surface area contributed by atoms with Gasteiger partial charge < -0.3 is 14.6 Å². The van der Waals surface area contributed by atoms with E-state index in [1.165, 1.54) is 16.8 Å². The van der Waals surface area contributed by atoms with Crippen LogP contribution in [0.4, 0.5) is 0 Å². The minimum absolute atomic E-state index is 0.121. The van der Waals surface area contributed by atoms with Crippen LogP contribution >= 0.6 is 0 Å². The predicted octanol–water partition coefficient (Wildman–Crippen LogP) is 0.111. The van der Waals surface area contributed by atoms with Crippen molar-refractivity contribution in [1.82, 2.24) is 24.0 Å². The molecule has 146 valence electrons. The number of carbonyl (C=O) groups excluding carboxylic acids is 1. The van der Waals surface area contributed by atoms with Crippen LogP contribution in [0.5, 0.6) is 0 Å². The highest BCUT2D eigenvalue weighted by atomic mass is 16.3. The summed E-state index contributed by atoms with van der Waals surface area (Å²) in [6.45, 7) is 2.31. The third-order valence-corrected chi connectivity index (χ3v) is 5.37. The summed E-state index contributed by atoms with van der Waals surface area (Å²) in [5, 5.41) is 10.8. The second-order valence-electron chi connectivity index (χ2n) is 7.34. The lowest BCUT2D eigenvalue weighted by molar-refractivity contribution is -0.138. The minimum Gasteiger partial charge on any atom is -0.388 e. The summed E-state index contributed by atoms with van der Waals surface area (Å²) in [4.78, 5) is 44.5. The Labute approximate surface area is 159 Å². The van der Waals surface area contributed by atoms with E-state index in [9.17, 15) is 19.5 Å². The van der Waals surface area contributed by atoms with Crippen molar-refractivity contribution < 1.29 is 9.90 Å². The number of likely N-dealkylation sites (tertiary alicyclic amines) is 1. The van der Waals surface area contributed by atoms with Gasteiger partial charge in [-0.05, 0) is 25.5 Å². The van der Waals surface area contributed by atoms with Crippen LogP contribution in [0.2, 0.25) is 0 Å². The number of H-pyrrole nitrogens is 1. The molecule has 1 fully saturated rings. The lowest BCUT2D eigenvalue weighted by Crippen LogP contribution is -2.55. The number of fused-ring (bicyclic) bond motifs is 1. The first-order chi connectivity index (χ1) is 13.3. The second kappa shape index (κ2) is 6.75. The summed E-state index contributed by atoms with van der Waals surface area (Å²) in [7, 11) is 0. The van der Waals surface area contributed by atoms with Gasteiger partial charge in [-0.2, -0.15) is 0 Å². The van der Waals surface area contributed by atoms with Crippen LogP contribution in [0.3, 0.4) is 0 Å². The van der Waals surface area contributed by atoms with Crippen molar-refractivity contribution in [3.05, 3.63) is 63.7 Å². The number of aromatic nitrogens is 4. The normalized spacial score (nSPS) is 22.5. The lowest BCUT2D eigenvalue weighted by Gasteiger charge is -2.43. The zero-order valence-electron chi connectivity index (χ0n) is 15.4. The van der Waals surface area contributed by atoms with Crippen LogP contribution < -0.4 is 11.2 Å². The van der Waals surface area contributed by atoms with E-state index in [1.807, 2.05) is 24.3 Å². The van der Waals surface area contributed by atoms with Gasteiger partial charge in [0.05, 0.1) is 29.0 Å². The second-order valence-corrected chi connectivity index (χ2v) is 7.34. The maximum atomic E-state index is 12.9. The summed E-state index contributed by atoms with van der Waals surface area (Å²) in [6.07, 6.45) is 3.31. The molecule has 3 heterocycles. The average molecular weight is 383 g/mol. The van der Waals surface area contributed by atoms with E-state index < -0.39 is 22.9 Å². The van der Waals surface area contributed by atoms with Gasteiger partial charge in [-0.1, -0.05) is 12.1 Å². The average Bonchev–Trinajstić information content (AvgIpc) is 3.05. The van der Waals surface area contributed by atoms with E-state index in [1.54, 1.807) is 22.7 Å². The van der Waals surface area contributed by atoms with Gasteiger partial charge in [0, 0.05) is 25.4 Å². The third-order valence-electron chi connectivity index (χ3n) is 5.37. The third kappa shape index (κ3) is 3.24. The van der Waals surface area contributed by atoms with Gasteiger partial charge >= 0.3 is 5.69 Å². The molecule has 1 aromatic carbocycles. The fourth-order valence-corrected chi connectivity index (χ4v) is 3.69. The largest absolute Gasteiger partial charge is 0.388 e. The molecule has 0 aliphatic carbocycles. The first-order valence-electron chi connectivity index (χ1n) is 9.07. The van der Waals surface area contributed by atoms with Crippen LogP contribution in [0.1, 0.15) is 19.4 Å². The lowest BCUT2D eigenvalue weighted by atomic mass is 9.88. The number of carbonyl (C=O) groups is 1. The number of hydrogen-bond acceptors (Lipinski definition) is 5. The number of imidazole rings is 1.